The summed E-state index contributed by atoms with van der Waals surface area (Å²) < 4.78 is 90.5. The number of esters is 1. The maximum absolute atomic E-state index is 12.8. The van der Waals surface area contributed by atoms with Crippen LogP contribution in [0.5, 0.6) is 0 Å². The van der Waals surface area contributed by atoms with E-state index in [0.29, 0.717) is 10.8 Å². The molecule has 2 nitrogen and oxygen atoms in total. The van der Waals surface area contributed by atoms with Crippen LogP contribution < -0.4 is 0 Å². The fraction of sp³-hybridized carbons (Fsp3) is 0.889. The average molecular weight is 410 g/mol. The van der Waals surface area contributed by atoms with E-state index in [9.17, 15) is 35.5 Å². The first-order chi connectivity index (χ1) is 8.38. The lowest BCUT2D eigenvalue weighted by atomic mass is 10.1. The van der Waals surface area contributed by atoms with Crippen LogP contribution >= 0.6 is 22.6 Å². The van der Waals surface area contributed by atoms with Gasteiger partial charge in [0.15, 0.2) is 0 Å². The van der Waals surface area contributed by atoms with Crippen LogP contribution in [0, 0.1) is 0 Å². The first kappa shape index (κ1) is 18.7. The molecule has 0 fully saturated rings. The number of alkyl halides is 8. The lowest BCUT2D eigenvalue weighted by molar-refractivity contribution is -0.349. The van der Waals surface area contributed by atoms with E-state index in [0.717, 1.165) is 6.92 Å². The van der Waals surface area contributed by atoms with E-state index in [1.165, 1.54) is 0 Å². The molecule has 0 aromatic rings. The second-order valence-corrected chi connectivity index (χ2v) is 4.77. The van der Waals surface area contributed by atoms with Crippen molar-refractivity contribution < 1.29 is 40.3 Å². The molecule has 0 aliphatic carbocycles. The van der Waals surface area contributed by atoms with Gasteiger partial charge < -0.3 is 4.74 Å². The molecule has 0 N–H and O–H groups in total. The van der Waals surface area contributed by atoms with Crippen LogP contribution in [0.2, 0.25) is 0 Å². The first-order valence-corrected chi connectivity index (χ1v) is 6.50. The van der Waals surface area contributed by atoms with Crippen LogP contribution in [0.1, 0.15) is 19.8 Å². The molecule has 0 aliphatic heterocycles. The summed E-state index contributed by atoms with van der Waals surface area (Å²) in [7, 11) is 0. The largest absolute Gasteiger partial charge is 0.460 e. The second-order valence-electron chi connectivity index (χ2n) is 3.69. The van der Waals surface area contributed by atoms with Crippen LogP contribution in [-0.2, 0) is 9.53 Å². The van der Waals surface area contributed by atoms with Gasteiger partial charge in [-0.2, -0.15) is 30.7 Å². The Kier molecular flexibility index (Phi) is 6.34. The number of hydrogen-bond donors (Lipinski definition) is 0. The Morgan fingerprint density at radius 3 is 2.00 bits per heavy atom. The summed E-state index contributed by atoms with van der Waals surface area (Å²) in [4.78, 5) is 10.8. The Balaban J connectivity index is 4.87. The molecular formula is C9H10F7IO2. The van der Waals surface area contributed by atoms with Crippen molar-refractivity contribution in [2.75, 3.05) is 4.43 Å². The van der Waals surface area contributed by atoms with Gasteiger partial charge in [-0.1, -0.05) is 22.6 Å². The molecule has 0 aliphatic rings. The Hall–Kier alpha value is -0.290. The standard InChI is InChI=1S/C9H10F7IO2/c1-5(3-2-4-17)19-6(18)7(10,11)8(12,13)9(14,15)16/h5H,2-4H2,1H3. The Bertz CT molecular complexity index is 316. The van der Waals surface area contributed by atoms with E-state index in [-0.39, 0.29) is 6.42 Å². The normalized spacial score (nSPS) is 15.2. The van der Waals surface area contributed by atoms with Crippen molar-refractivity contribution in [3.63, 3.8) is 0 Å². The van der Waals surface area contributed by atoms with Crippen LogP contribution in [0.3, 0.4) is 0 Å². The lowest BCUT2D eigenvalue weighted by Crippen LogP contribution is -2.57. The molecule has 0 heterocycles. The molecule has 0 aromatic carbocycles. The van der Waals surface area contributed by atoms with Gasteiger partial charge >= 0.3 is 24.0 Å². The number of ether oxygens (including phenoxy) is 1. The number of carbonyl (C=O) groups excluding carboxylic acids is 1. The van der Waals surface area contributed by atoms with Gasteiger partial charge in [-0.3, -0.25) is 0 Å². The Morgan fingerprint density at radius 1 is 1.16 bits per heavy atom. The fourth-order valence-electron chi connectivity index (χ4n) is 0.986. The maximum Gasteiger partial charge on any atom is 0.460 e. The van der Waals surface area contributed by atoms with Crippen molar-refractivity contribution in [3.05, 3.63) is 0 Å². The third-order valence-electron chi connectivity index (χ3n) is 2.06. The third kappa shape index (κ3) is 4.35. The maximum atomic E-state index is 12.8. The van der Waals surface area contributed by atoms with Crippen molar-refractivity contribution in [1.29, 1.82) is 0 Å². The van der Waals surface area contributed by atoms with Crippen molar-refractivity contribution in [2.45, 2.75) is 43.9 Å². The minimum Gasteiger partial charge on any atom is -0.458 e. The van der Waals surface area contributed by atoms with E-state index < -0.39 is 30.1 Å². The molecule has 10 heteroatoms. The van der Waals surface area contributed by atoms with E-state index in [4.69, 9.17) is 0 Å². The number of rotatable bonds is 6. The highest BCUT2D eigenvalue weighted by Gasteiger charge is 2.77. The molecule has 0 bridgehead atoms. The molecule has 114 valence electrons. The molecule has 19 heavy (non-hydrogen) atoms. The van der Waals surface area contributed by atoms with Crippen molar-refractivity contribution in [1.82, 2.24) is 0 Å². The number of hydrogen-bond acceptors (Lipinski definition) is 2. The second kappa shape index (κ2) is 6.44. The average Bonchev–Trinajstić information content (AvgIpc) is 2.24. The molecule has 0 aromatic heterocycles. The zero-order chi connectivity index (χ0) is 15.5. The van der Waals surface area contributed by atoms with Gasteiger partial charge in [-0.15, -0.1) is 0 Å². The molecule has 0 spiro atoms. The molecule has 1 atom stereocenters. The van der Waals surface area contributed by atoms with Crippen molar-refractivity contribution in [2.24, 2.45) is 0 Å². The summed E-state index contributed by atoms with van der Waals surface area (Å²) >= 11 is 1.94. The monoisotopic (exact) mass is 410 g/mol. The SMILES string of the molecule is CC(CCCI)OC(=O)C(F)(F)C(F)(F)C(F)(F)F. The van der Waals surface area contributed by atoms with Crippen LogP contribution in [0.15, 0.2) is 0 Å². The molecule has 0 amide bonds. The third-order valence-corrected chi connectivity index (χ3v) is 2.82. The predicted molar refractivity (Wildman–Crippen MR) is 59.6 cm³/mol. The van der Waals surface area contributed by atoms with Crippen LogP contribution in [0.25, 0.3) is 0 Å². The van der Waals surface area contributed by atoms with Gasteiger partial charge in [0.25, 0.3) is 0 Å². The fourth-order valence-corrected chi connectivity index (χ4v) is 1.43. The van der Waals surface area contributed by atoms with Crippen molar-refractivity contribution in [3.8, 4) is 0 Å². The molecule has 0 saturated heterocycles. The van der Waals surface area contributed by atoms with Gasteiger partial charge in [0.1, 0.15) is 0 Å². The first-order valence-electron chi connectivity index (χ1n) is 4.97. The van der Waals surface area contributed by atoms with E-state index >= 15 is 0 Å². The van der Waals surface area contributed by atoms with Crippen molar-refractivity contribution >= 4 is 28.6 Å². The number of halogens is 8. The summed E-state index contributed by atoms with van der Waals surface area (Å²) in [5.41, 5.74) is 0. The molecule has 1 unspecified atom stereocenters. The van der Waals surface area contributed by atoms with Gasteiger partial charge in [0, 0.05) is 0 Å². The van der Waals surface area contributed by atoms with Gasteiger partial charge in [-0.05, 0) is 24.2 Å². The van der Waals surface area contributed by atoms with Gasteiger partial charge in [-0.25, -0.2) is 4.79 Å². The zero-order valence-electron chi connectivity index (χ0n) is 9.54. The van der Waals surface area contributed by atoms with Gasteiger partial charge in [0.2, 0.25) is 0 Å². The summed E-state index contributed by atoms with van der Waals surface area (Å²) in [5.74, 6) is -15.3. The minimum absolute atomic E-state index is 0.0857. The minimum atomic E-state index is -6.54. The van der Waals surface area contributed by atoms with E-state index in [1.54, 1.807) is 0 Å². The van der Waals surface area contributed by atoms with Crippen LogP contribution in [0.4, 0.5) is 30.7 Å². The molecular weight excluding hydrogens is 400 g/mol. The zero-order valence-corrected chi connectivity index (χ0v) is 11.7. The van der Waals surface area contributed by atoms with Gasteiger partial charge in [0.05, 0.1) is 6.10 Å². The summed E-state index contributed by atoms with van der Waals surface area (Å²) in [6.07, 6.45) is -7.18. The molecule has 0 rings (SSSR count). The molecule has 0 saturated carbocycles. The Morgan fingerprint density at radius 2 is 1.63 bits per heavy atom. The molecule has 0 radical (unpaired) electrons. The summed E-state index contributed by atoms with van der Waals surface area (Å²) in [6, 6.07) is 0. The quantitative estimate of drug-likeness (QED) is 0.287. The topological polar surface area (TPSA) is 26.3 Å². The highest BCUT2D eigenvalue weighted by molar-refractivity contribution is 14.1. The predicted octanol–water partition coefficient (Wildman–Crippen LogP) is 3.97. The van der Waals surface area contributed by atoms with E-state index in [2.05, 4.69) is 4.74 Å². The smallest absolute Gasteiger partial charge is 0.458 e. The summed E-state index contributed by atoms with van der Waals surface area (Å²) in [5, 5.41) is 0. The van der Waals surface area contributed by atoms with Crippen LogP contribution in [-0.4, -0.2) is 34.5 Å². The highest BCUT2D eigenvalue weighted by atomic mass is 127. The van der Waals surface area contributed by atoms with E-state index in [1.807, 2.05) is 22.6 Å². The number of carbonyl (C=O) groups is 1. The highest BCUT2D eigenvalue weighted by Crippen LogP contribution is 2.47. The Labute approximate surface area is 117 Å². The summed E-state index contributed by atoms with van der Waals surface area (Å²) in [6.45, 7) is 1.13. The lowest BCUT2D eigenvalue weighted by Gasteiger charge is -2.27.